The molecule has 8 nitrogen and oxygen atoms in total. The maximum Gasteiger partial charge on any atom is 0.414 e. The Labute approximate surface area is 159 Å². The van der Waals surface area contributed by atoms with Crippen LogP contribution in [0, 0.1) is 5.41 Å². The van der Waals surface area contributed by atoms with E-state index in [0.29, 0.717) is 28.4 Å². The Balaban J connectivity index is 1.64. The number of anilines is 1. The van der Waals surface area contributed by atoms with Crippen LogP contribution in [-0.4, -0.2) is 43.8 Å². The van der Waals surface area contributed by atoms with E-state index in [-0.39, 0.29) is 5.84 Å². The number of nitrogen functional groups attached to an aromatic ring is 1. The van der Waals surface area contributed by atoms with E-state index in [4.69, 9.17) is 20.6 Å². The molecule has 0 aliphatic carbocycles. The first-order valence-corrected chi connectivity index (χ1v) is 9.03. The summed E-state index contributed by atoms with van der Waals surface area (Å²) in [6.45, 7) is 2.13. The Bertz CT molecular complexity index is 864. The Hall–Kier alpha value is -3.07. The molecule has 2 atom stereocenters. The molecule has 1 saturated heterocycles. The second kappa shape index (κ2) is 7.67. The van der Waals surface area contributed by atoms with Crippen LogP contribution < -0.4 is 15.4 Å². The first kappa shape index (κ1) is 18.7. The molecule has 0 bridgehead atoms. The molecule has 1 aliphatic heterocycles. The maximum absolute atomic E-state index is 12.2. The number of thiophene rings is 1. The van der Waals surface area contributed by atoms with Crippen molar-refractivity contribution < 1.29 is 23.8 Å². The smallest absolute Gasteiger partial charge is 0.414 e. The molecular weight excluding hydrogens is 370 g/mol. The van der Waals surface area contributed by atoms with E-state index in [1.807, 2.05) is 0 Å². The molecule has 2 aromatic rings. The molecule has 3 rings (SSSR count). The largest absolute Gasteiger partial charge is 0.486 e. The molecule has 142 valence electrons. The Morgan fingerprint density at radius 3 is 2.74 bits per heavy atom. The van der Waals surface area contributed by atoms with Crippen molar-refractivity contribution in [2.24, 2.45) is 5.73 Å². The van der Waals surface area contributed by atoms with Gasteiger partial charge in [0.15, 0.2) is 6.10 Å². The standard InChI is InChI=1S/C18H19N3O5S/c1-10(25-13-7-15(27-9-13)17(22)24-2)14-8-21(18(23)26-14)12-5-3-11(4-6-12)16(19)20/h3-7,9-10,14H,8H2,1-2H3,(H3,19,20). The number of hydrogen-bond acceptors (Lipinski definition) is 7. The van der Waals surface area contributed by atoms with Gasteiger partial charge in [0, 0.05) is 22.7 Å². The number of amides is 1. The number of ether oxygens (including phenoxy) is 3. The van der Waals surface area contributed by atoms with Crippen molar-refractivity contribution in [1.29, 1.82) is 5.41 Å². The summed E-state index contributed by atoms with van der Waals surface area (Å²) in [4.78, 5) is 25.7. The van der Waals surface area contributed by atoms with Gasteiger partial charge in [-0.2, -0.15) is 0 Å². The average Bonchev–Trinajstić information content (AvgIpc) is 3.28. The molecule has 1 aliphatic rings. The number of nitrogens with one attached hydrogen (secondary N) is 1. The number of amidine groups is 1. The second-order valence-electron chi connectivity index (χ2n) is 5.95. The van der Waals surface area contributed by atoms with E-state index in [0.717, 1.165) is 0 Å². The summed E-state index contributed by atoms with van der Waals surface area (Å²) in [6, 6.07) is 8.39. The molecule has 27 heavy (non-hydrogen) atoms. The molecule has 2 unspecified atom stereocenters. The molecule has 1 aromatic carbocycles. The van der Waals surface area contributed by atoms with Crippen LogP contribution in [0.4, 0.5) is 10.5 Å². The summed E-state index contributed by atoms with van der Waals surface area (Å²) in [5.74, 6) is 0.0655. The van der Waals surface area contributed by atoms with Crippen LogP contribution in [-0.2, 0) is 9.47 Å². The number of carbonyl (C=O) groups excluding carboxylic acids is 2. The highest BCUT2D eigenvalue weighted by Crippen LogP contribution is 2.27. The van der Waals surface area contributed by atoms with Crippen LogP contribution in [0.5, 0.6) is 5.75 Å². The van der Waals surface area contributed by atoms with Crippen molar-refractivity contribution in [3.8, 4) is 5.75 Å². The van der Waals surface area contributed by atoms with E-state index < -0.39 is 24.3 Å². The van der Waals surface area contributed by atoms with E-state index >= 15 is 0 Å². The molecule has 2 heterocycles. The molecule has 0 spiro atoms. The zero-order valence-electron chi connectivity index (χ0n) is 14.8. The lowest BCUT2D eigenvalue weighted by Gasteiger charge is -2.18. The van der Waals surface area contributed by atoms with E-state index in [2.05, 4.69) is 4.74 Å². The summed E-state index contributed by atoms with van der Waals surface area (Å²) in [6.07, 6.45) is -1.34. The van der Waals surface area contributed by atoms with Gasteiger partial charge in [0.05, 0.1) is 13.7 Å². The molecule has 9 heteroatoms. The Morgan fingerprint density at radius 2 is 2.11 bits per heavy atom. The normalized spacial score (nSPS) is 17.3. The zero-order chi connectivity index (χ0) is 19.6. The van der Waals surface area contributed by atoms with Gasteiger partial charge >= 0.3 is 12.1 Å². The highest BCUT2D eigenvalue weighted by Gasteiger charge is 2.37. The lowest BCUT2D eigenvalue weighted by atomic mass is 10.1. The maximum atomic E-state index is 12.2. The van der Waals surface area contributed by atoms with Crippen LogP contribution in [0.2, 0.25) is 0 Å². The molecule has 1 aromatic heterocycles. The molecule has 0 radical (unpaired) electrons. The Kier molecular flexibility index (Phi) is 5.31. The minimum Gasteiger partial charge on any atom is -0.486 e. The topological polar surface area (TPSA) is 115 Å². The average molecular weight is 389 g/mol. The molecule has 0 saturated carbocycles. The van der Waals surface area contributed by atoms with E-state index in [1.54, 1.807) is 42.6 Å². The quantitative estimate of drug-likeness (QED) is 0.446. The van der Waals surface area contributed by atoms with Crippen molar-refractivity contribution in [1.82, 2.24) is 0 Å². The van der Waals surface area contributed by atoms with Crippen LogP contribution in [0.15, 0.2) is 35.7 Å². The zero-order valence-corrected chi connectivity index (χ0v) is 15.6. The fourth-order valence-corrected chi connectivity index (χ4v) is 3.37. The van der Waals surface area contributed by atoms with Gasteiger partial charge < -0.3 is 19.9 Å². The minimum atomic E-state index is -0.466. The third-order valence-corrected chi connectivity index (χ3v) is 5.02. The number of benzene rings is 1. The van der Waals surface area contributed by atoms with Crippen LogP contribution in [0.1, 0.15) is 22.2 Å². The number of methoxy groups -OCH3 is 1. The monoisotopic (exact) mass is 389 g/mol. The summed E-state index contributed by atoms with van der Waals surface area (Å²) in [5, 5.41) is 9.12. The molecule has 1 fully saturated rings. The summed E-state index contributed by atoms with van der Waals surface area (Å²) >= 11 is 1.22. The Morgan fingerprint density at radius 1 is 1.41 bits per heavy atom. The van der Waals surface area contributed by atoms with Gasteiger partial charge in [-0.25, -0.2) is 9.59 Å². The second-order valence-corrected chi connectivity index (χ2v) is 6.87. The first-order chi connectivity index (χ1) is 12.9. The molecule has 1 amide bonds. The SMILES string of the molecule is COC(=O)c1cc(OC(C)C2CN(c3ccc(C(=N)N)cc3)C(=O)O2)cs1. The third kappa shape index (κ3) is 4.03. The van der Waals surface area contributed by atoms with Crippen LogP contribution in [0.3, 0.4) is 0 Å². The highest BCUT2D eigenvalue weighted by atomic mass is 32.1. The van der Waals surface area contributed by atoms with Gasteiger partial charge in [-0.3, -0.25) is 10.3 Å². The van der Waals surface area contributed by atoms with Gasteiger partial charge in [0.1, 0.15) is 22.6 Å². The van der Waals surface area contributed by atoms with Gasteiger partial charge in [-0.1, -0.05) is 0 Å². The lowest BCUT2D eigenvalue weighted by Crippen LogP contribution is -2.33. The van der Waals surface area contributed by atoms with Crippen molar-refractivity contribution in [3.05, 3.63) is 46.2 Å². The van der Waals surface area contributed by atoms with Crippen molar-refractivity contribution >= 4 is 34.9 Å². The number of nitrogens with two attached hydrogens (primary N) is 1. The number of carbonyl (C=O) groups is 2. The van der Waals surface area contributed by atoms with Gasteiger partial charge in [0.25, 0.3) is 0 Å². The summed E-state index contributed by atoms with van der Waals surface area (Å²) in [5.41, 5.74) is 6.68. The van der Waals surface area contributed by atoms with Crippen molar-refractivity contribution in [3.63, 3.8) is 0 Å². The van der Waals surface area contributed by atoms with Gasteiger partial charge in [-0.05, 0) is 31.2 Å². The third-order valence-electron chi connectivity index (χ3n) is 4.13. The van der Waals surface area contributed by atoms with Crippen LogP contribution in [0.25, 0.3) is 0 Å². The van der Waals surface area contributed by atoms with Crippen molar-refractivity contribution in [2.45, 2.75) is 19.1 Å². The number of hydrogen-bond donors (Lipinski definition) is 2. The molecular formula is C18H19N3O5S. The number of rotatable bonds is 6. The van der Waals surface area contributed by atoms with E-state index in [9.17, 15) is 9.59 Å². The fraction of sp³-hybridized carbons (Fsp3) is 0.278. The molecule has 3 N–H and O–H groups in total. The van der Waals surface area contributed by atoms with Crippen LogP contribution >= 0.6 is 11.3 Å². The minimum absolute atomic E-state index is 0.0347. The summed E-state index contributed by atoms with van der Waals surface area (Å²) < 4.78 is 15.9. The number of cyclic esters (lactones) is 1. The summed E-state index contributed by atoms with van der Waals surface area (Å²) in [7, 11) is 1.32. The highest BCUT2D eigenvalue weighted by molar-refractivity contribution is 7.12. The number of esters is 1. The lowest BCUT2D eigenvalue weighted by molar-refractivity contribution is 0.0576. The van der Waals surface area contributed by atoms with E-state index in [1.165, 1.54) is 23.3 Å². The van der Waals surface area contributed by atoms with Gasteiger partial charge in [-0.15, -0.1) is 11.3 Å². The van der Waals surface area contributed by atoms with Crippen molar-refractivity contribution in [2.75, 3.05) is 18.6 Å². The van der Waals surface area contributed by atoms with Gasteiger partial charge in [0.2, 0.25) is 0 Å². The first-order valence-electron chi connectivity index (χ1n) is 8.15. The predicted octanol–water partition coefficient (Wildman–Crippen LogP) is 2.61. The predicted molar refractivity (Wildman–Crippen MR) is 101 cm³/mol. The fourth-order valence-electron chi connectivity index (χ4n) is 2.64. The number of nitrogens with zero attached hydrogens (tertiary/aromatic N) is 1.